The minimum Gasteiger partial charge on any atom is -0.496 e. The highest BCUT2D eigenvalue weighted by molar-refractivity contribution is 5.48. The topological polar surface area (TPSA) is 36.3 Å². The molecule has 0 radical (unpaired) electrons. The van der Waals surface area contributed by atoms with E-state index in [9.17, 15) is 0 Å². The molecule has 0 bridgehead atoms. The Morgan fingerprint density at radius 2 is 1.94 bits per heavy atom. The van der Waals surface area contributed by atoms with E-state index in [0.29, 0.717) is 0 Å². The van der Waals surface area contributed by atoms with Crippen LogP contribution in [0.3, 0.4) is 0 Å². The number of benzene rings is 1. The molecule has 3 nitrogen and oxygen atoms in total. The molecule has 0 amide bonds. The van der Waals surface area contributed by atoms with Gasteiger partial charge in [0.15, 0.2) is 0 Å². The normalized spacial score (nSPS) is 12.3. The third kappa shape index (κ3) is 2.83. The van der Waals surface area contributed by atoms with Gasteiger partial charge < -0.3 is 4.74 Å². The zero-order valence-electron chi connectivity index (χ0n) is 12.2. The van der Waals surface area contributed by atoms with E-state index < -0.39 is 0 Å². The SMILES string of the molecule is COc1c(C)cc(CN(C)C(C)C#N)c(C)c1C. The van der Waals surface area contributed by atoms with Crippen molar-refractivity contribution in [3.05, 3.63) is 28.3 Å². The second-order valence-corrected chi connectivity index (χ2v) is 4.86. The van der Waals surface area contributed by atoms with E-state index in [1.807, 2.05) is 18.9 Å². The van der Waals surface area contributed by atoms with Gasteiger partial charge >= 0.3 is 0 Å². The van der Waals surface area contributed by atoms with Gasteiger partial charge in [0.2, 0.25) is 0 Å². The number of methoxy groups -OCH3 is 1. The van der Waals surface area contributed by atoms with Crippen LogP contribution in [0.1, 0.15) is 29.2 Å². The third-order valence-electron chi connectivity index (χ3n) is 3.61. The fourth-order valence-corrected chi connectivity index (χ4v) is 2.12. The van der Waals surface area contributed by atoms with Gasteiger partial charge in [-0.2, -0.15) is 5.26 Å². The first-order chi connectivity index (χ1) is 8.42. The predicted octanol–water partition coefficient (Wildman–Crippen LogP) is 2.96. The lowest BCUT2D eigenvalue weighted by Gasteiger charge is -2.22. The maximum Gasteiger partial charge on any atom is 0.124 e. The molecule has 0 aromatic heterocycles. The Balaban J connectivity index is 3.09. The molecular weight excluding hydrogens is 224 g/mol. The first-order valence-electron chi connectivity index (χ1n) is 6.15. The second-order valence-electron chi connectivity index (χ2n) is 4.86. The van der Waals surface area contributed by atoms with Crippen LogP contribution in [0.4, 0.5) is 0 Å². The molecule has 0 aliphatic rings. The van der Waals surface area contributed by atoms with Gasteiger partial charge in [-0.15, -0.1) is 0 Å². The molecule has 0 aliphatic heterocycles. The van der Waals surface area contributed by atoms with Gasteiger partial charge in [-0.1, -0.05) is 6.07 Å². The summed E-state index contributed by atoms with van der Waals surface area (Å²) in [6.07, 6.45) is 0. The Hall–Kier alpha value is -1.53. The van der Waals surface area contributed by atoms with Crippen molar-refractivity contribution in [2.24, 2.45) is 0 Å². The van der Waals surface area contributed by atoms with E-state index in [4.69, 9.17) is 10.00 Å². The summed E-state index contributed by atoms with van der Waals surface area (Å²) < 4.78 is 5.42. The van der Waals surface area contributed by atoms with Gasteiger partial charge in [0.1, 0.15) is 5.75 Å². The minimum absolute atomic E-state index is 0.0767. The number of hydrogen-bond donors (Lipinski definition) is 0. The molecule has 1 unspecified atom stereocenters. The van der Waals surface area contributed by atoms with Crippen molar-refractivity contribution in [3.63, 3.8) is 0 Å². The lowest BCUT2D eigenvalue weighted by molar-refractivity contribution is 0.293. The smallest absolute Gasteiger partial charge is 0.124 e. The van der Waals surface area contributed by atoms with Gasteiger partial charge in [0.05, 0.1) is 19.2 Å². The molecule has 1 aromatic carbocycles. The lowest BCUT2D eigenvalue weighted by atomic mass is 9.98. The lowest BCUT2D eigenvalue weighted by Crippen LogP contribution is -2.27. The number of rotatable bonds is 4. The van der Waals surface area contributed by atoms with E-state index in [1.54, 1.807) is 7.11 Å². The molecule has 98 valence electrons. The average Bonchev–Trinajstić information content (AvgIpc) is 2.35. The molecule has 0 N–H and O–H groups in total. The summed E-state index contributed by atoms with van der Waals surface area (Å²) in [4.78, 5) is 2.05. The molecule has 1 rings (SSSR count). The summed E-state index contributed by atoms with van der Waals surface area (Å²) in [5.41, 5.74) is 4.84. The Kier molecular flexibility index (Phi) is 4.75. The van der Waals surface area contributed by atoms with Crippen LogP contribution in [0.5, 0.6) is 5.75 Å². The van der Waals surface area contributed by atoms with Crippen molar-refractivity contribution in [1.29, 1.82) is 5.26 Å². The summed E-state index contributed by atoms with van der Waals surface area (Å²) >= 11 is 0. The fourth-order valence-electron chi connectivity index (χ4n) is 2.12. The van der Waals surface area contributed by atoms with Crippen LogP contribution in [-0.2, 0) is 6.54 Å². The molecule has 0 heterocycles. The zero-order chi connectivity index (χ0) is 13.9. The third-order valence-corrected chi connectivity index (χ3v) is 3.61. The summed E-state index contributed by atoms with van der Waals surface area (Å²) in [6.45, 7) is 8.95. The van der Waals surface area contributed by atoms with Crippen molar-refractivity contribution in [1.82, 2.24) is 4.90 Å². The van der Waals surface area contributed by atoms with Gasteiger partial charge in [0.25, 0.3) is 0 Å². The molecule has 18 heavy (non-hydrogen) atoms. The summed E-state index contributed by atoms with van der Waals surface area (Å²) in [5, 5.41) is 8.93. The maximum absolute atomic E-state index is 8.93. The predicted molar refractivity (Wildman–Crippen MR) is 73.7 cm³/mol. The van der Waals surface area contributed by atoms with Crippen LogP contribution in [0.2, 0.25) is 0 Å². The van der Waals surface area contributed by atoms with Gasteiger partial charge in [-0.05, 0) is 57.0 Å². The first-order valence-corrected chi connectivity index (χ1v) is 6.15. The van der Waals surface area contributed by atoms with E-state index >= 15 is 0 Å². The Labute approximate surface area is 110 Å². The molecule has 0 aliphatic carbocycles. The van der Waals surface area contributed by atoms with Gasteiger partial charge in [0, 0.05) is 6.54 Å². The Morgan fingerprint density at radius 3 is 2.44 bits per heavy atom. The summed E-state index contributed by atoms with van der Waals surface area (Å²) in [7, 11) is 3.68. The molecular formula is C15H22N2O. The summed E-state index contributed by atoms with van der Waals surface area (Å²) in [5.74, 6) is 0.965. The molecule has 3 heteroatoms. The molecule has 1 aromatic rings. The fraction of sp³-hybridized carbons (Fsp3) is 0.533. The van der Waals surface area contributed by atoms with Crippen molar-refractivity contribution in [3.8, 4) is 11.8 Å². The standard InChI is InChI=1S/C15H22N2O/c1-10-7-14(9-17(5)11(2)8-16)12(3)13(4)15(10)18-6/h7,11H,9H2,1-6H3. The van der Waals surface area contributed by atoms with E-state index in [0.717, 1.165) is 17.9 Å². The average molecular weight is 246 g/mol. The van der Waals surface area contributed by atoms with Crippen molar-refractivity contribution in [2.45, 2.75) is 40.3 Å². The number of nitriles is 1. The first kappa shape index (κ1) is 14.5. The van der Waals surface area contributed by atoms with E-state index in [-0.39, 0.29) is 6.04 Å². The van der Waals surface area contributed by atoms with Crippen molar-refractivity contribution >= 4 is 0 Å². The minimum atomic E-state index is -0.0767. The summed E-state index contributed by atoms with van der Waals surface area (Å²) in [6, 6.07) is 4.34. The zero-order valence-corrected chi connectivity index (χ0v) is 12.2. The van der Waals surface area contributed by atoms with Crippen LogP contribution in [0, 0.1) is 32.1 Å². The number of hydrogen-bond acceptors (Lipinski definition) is 3. The molecule has 0 spiro atoms. The monoisotopic (exact) mass is 246 g/mol. The van der Waals surface area contributed by atoms with Crippen molar-refractivity contribution in [2.75, 3.05) is 14.2 Å². The van der Waals surface area contributed by atoms with Gasteiger partial charge in [-0.25, -0.2) is 0 Å². The van der Waals surface area contributed by atoms with Crippen LogP contribution in [-0.4, -0.2) is 25.1 Å². The quantitative estimate of drug-likeness (QED) is 0.819. The number of ether oxygens (including phenoxy) is 1. The maximum atomic E-state index is 8.93. The van der Waals surface area contributed by atoms with Crippen molar-refractivity contribution < 1.29 is 4.74 Å². The van der Waals surface area contributed by atoms with Crippen LogP contribution in [0.15, 0.2) is 6.07 Å². The highest BCUT2D eigenvalue weighted by atomic mass is 16.5. The molecule has 1 atom stereocenters. The molecule has 0 saturated heterocycles. The Morgan fingerprint density at radius 1 is 1.33 bits per heavy atom. The largest absolute Gasteiger partial charge is 0.496 e. The highest BCUT2D eigenvalue weighted by Crippen LogP contribution is 2.29. The van der Waals surface area contributed by atoms with E-state index in [1.165, 1.54) is 16.7 Å². The van der Waals surface area contributed by atoms with E-state index in [2.05, 4.69) is 32.9 Å². The van der Waals surface area contributed by atoms with Crippen LogP contribution < -0.4 is 4.74 Å². The second kappa shape index (κ2) is 5.88. The van der Waals surface area contributed by atoms with Crippen LogP contribution in [0.25, 0.3) is 0 Å². The molecule has 0 saturated carbocycles. The number of aryl methyl sites for hydroxylation is 1. The van der Waals surface area contributed by atoms with Gasteiger partial charge in [-0.3, -0.25) is 4.90 Å². The highest BCUT2D eigenvalue weighted by Gasteiger charge is 2.14. The number of nitrogens with zero attached hydrogens (tertiary/aromatic N) is 2. The van der Waals surface area contributed by atoms with Crippen LogP contribution >= 0.6 is 0 Å². The Bertz CT molecular complexity index is 474. The molecule has 0 fully saturated rings.